The van der Waals surface area contributed by atoms with Crippen molar-refractivity contribution in [1.82, 2.24) is 0 Å². The largest absolute Gasteiger partial charge is 0.494 e. The standard InChI is InChI=1S/C18H16Br2ClNO3/c1-3-25-18(23)14(11-4-6-12(21)7-5-11)10-22-13-8-15(19)17(24-2)16(20)9-13/h4-10,22H,3H2,1-2H3/b14-10-. The number of rotatable bonds is 6. The van der Waals surface area contributed by atoms with Crippen LogP contribution >= 0.6 is 43.5 Å². The van der Waals surface area contributed by atoms with E-state index in [4.69, 9.17) is 21.1 Å². The summed E-state index contributed by atoms with van der Waals surface area (Å²) in [7, 11) is 1.59. The van der Waals surface area contributed by atoms with Crippen LogP contribution in [-0.4, -0.2) is 19.7 Å². The number of nitrogens with one attached hydrogen (secondary N) is 1. The highest BCUT2D eigenvalue weighted by molar-refractivity contribution is 9.11. The SMILES string of the molecule is CCOC(=O)/C(=C\Nc1cc(Br)c(OC)c(Br)c1)c1ccc(Cl)cc1. The monoisotopic (exact) mass is 487 g/mol. The molecule has 0 aromatic heterocycles. The number of hydrogen-bond donors (Lipinski definition) is 1. The van der Waals surface area contributed by atoms with Crippen molar-refractivity contribution in [3.63, 3.8) is 0 Å². The van der Waals surface area contributed by atoms with Gasteiger partial charge in [-0.3, -0.25) is 0 Å². The molecule has 0 amide bonds. The molecule has 4 nitrogen and oxygen atoms in total. The van der Waals surface area contributed by atoms with Gasteiger partial charge < -0.3 is 14.8 Å². The highest BCUT2D eigenvalue weighted by atomic mass is 79.9. The van der Waals surface area contributed by atoms with Crippen LogP contribution in [0.15, 0.2) is 51.5 Å². The van der Waals surface area contributed by atoms with Crippen molar-refractivity contribution < 1.29 is 14.3 Å². The summed E-state index contributed by atoms with van der Waals surface area (Å²) in [4.78, 5) is 12.3. The van der Waals surface area contributed by atoms with Crippen LogP contribution in [0.1, 0.15) is 12.5 Å². The first kappa shape index (κ1) is 19.8. The first-order valence-electron chi connectivity index (χ1n) is 7.39. The molecule has 0 saturated heterocycles. The van der Waals surface area contributed by atoms with Gasteiger partial charge in [0.1, 0.15) is 5.75 Å². The van der Waals surface area contributed by atoms with Crippen LogP contribution in [0.4, 0.5) is 5.69 Å². The van der Waals surface area contributed by atoms with Crippen LogP contribution in [0, 0.1) is 0 Å². The highest BCUT2D eigenvalue weighted by Crippen LogP contribution is 2.36. The van der Waals surface area contributed by atoms with Crippen LogP contribution in [0.25, 0.3) is 5.57 Å². The van der Waals surface area contributed by atoms with E-state index >= 15 is 0 Å². The Morgan fingerprint density at radius 2 is 1.80 bits per heavy atom. The van der Waals surface area contributed by atoms with Crippen LogP contribution in [0.5, 0.6) is 5.75 Å². The molecule has 7 heteroatoms. The molecular weight excluding hydrogens is 473 g/mol. The number of carbonyl (C=O) groups excluding carboxylic acids is 1. The van der Waals surface area contributed by atoms with E-state index in [0.717, 1.165) is 14.6 Å². The Morgan fingerprint density at radius 1 is 1.20 bits per heavy atom. The first-order valence-corrected chi connectivity index (χ1v) is 9.35. The molecule has 0 atom stereocenters. The van der Waals surface area contributed by atoms with E-state index in [1.54, 1.807) is 44.5 Å². The van der Waals surface area contributed by atoms with Gasteiger partial charge in [-0.2, -0.15) is 0 Å². The topological polar surface area (TPSA) is 47.6 Å². The first-order chi connectivity index (χ1) is 12.0. The molecule has 0 bridgehead atoms. The Bertz CT molecular complexity index is 768. The van der Waals surface area contributed by atoms with Gasteiger partial charge in [0, 0.05) is 16.9 Å². The average molecular weight is 490 g/mol. The Morgan fingerprint density at radius 3 is 2.32 bits per heavy atom. The maximum absolute atomic E-state index is 12.3. The molecule has 2 aromatic carbocycles. The molecule has 0 unspecified atom stereocenters. The molecule has 0 spiro atoms. The molecule has 132 valence electrons. The zero-order chi connectivity index (χ0) is 18.4. The molecule has 2 rings (SSSR count). The lowest BCUT2D eigenvalue weighted by Crippen LogP contribution is -2.08. The minimum atomic E-state index is -0.413. The van der Waals surface area contributed by atoms with E-state index in [-0.39, 0.29) is 0 Å². The van der Waals surface area contributed by atoms with Gasteiger partial charge in [0.2, 0.25) is 0 Å². The minimum absolute atomic E-state index is 0.295. The van der Waals surface area contributed by atoms with Gasteiger partial charge in [-0.05, 0) is 68.6 Å². The van der Waals surface area contributed by atoms with E-state index < -0.39 is 5.97 Å². The normalized spacial score (nSPS) is 11.2. The van der Waals surface area contributed by atoms with Crippen LogP contribution in [0.2, 0.25) is 5.02 Å². The smallest absolute Gasteiger partial charge is 0.340 e. The van der Waals surface area contributed by atoms with Gasteiger partial charge in [0.05, 0.1) is 28.2 Å². The number of hydrogen-bond acceptors (Lipinski definition) is 4. The lowest BCUT2D eigenvalue weighted by molar-refractivity contribution is -0.136. The molecule has 0 aliphatic heterocycles. The number of anilines is 1. The number of benzene rings is 2. The van der Waals surface area contributed by atoms with Crippen LogP contribution in [-0.2, 0) is 9.53 Å². The van der Waals surface area contributed by atoms with E-state index in [0.29, 0.717) is 28.5 Å². The summed E-state index contributed by atoms with van der Waals surface area (Å²) in [5.74, 6) is 0.279. The maximum atomic E-state index is 12.3. The van der Waals surface area contributed by atoms with E-state index in [1.807, 2.05) is 12.1 Å². The zero-order valence-electron chi connectivity index (χ0n) is 13.6. The van der Waals surface area contributed by atoms with Crippen molar-refractivity contribution in [2.45, 2.75) is 6.92 Å². The van der Waals surface area contributed by atoms with Crippen molar-refractivity contribution >= 4 is 60.7 Å². The van der Waals surface area contributed by atoms with Crippen molar-refractivity contribution in [3.05, 3.63) is 62.1 Å². The third-order valence-electron chi connectivity index (χ3n) is 3.24. The van der Waals surface area contributed by atoms with Crippen molar-refractivity contribution in [1.29, 1.82) is 0 Å². The number of halogens is 3. The second-order valence-corrected chi connectivity index (χ2v) is 7.05. The Balaban J connectivity index is 2.34. The molecular formula is C18H16Br2ClNO3. The van der Waals surface area contributed by atoms with Crippen molar-refractivity contribution in [2.24, 2.45) is 0 Å². The summed E-state index contributed by atoms with van der Waals surface area (Å²) >= 11 is 12.8. The molecule has 25 heavy (non-hydrogen) atoms. The summed E-state index contributed by atoms with van der Waals surface area (Å²) in [6, 6.07) is 10.7. The molecule has 2 aromatic rings. The molecule has 0 fully saturated rings. The molecule has 0 heterocycles. The fraction of sp³-hybridized carbons (Fsp3) is 0.167. The van der Waals surface area contributed by atoms with Gasteiger partial charge in [-0.25, -0.2) is 4.79 Å². The lowest BCUT2D eigenvalue weighted by Gasteiger charge is -2.11. The summed E-state index contributed by atoms with van der Waals surface area (Å²) in [5.41, 5.74) is 1.89. The molecule has 1 N–H and O–H groups in total. The number of methoxy groups -OCH3 is 1. The summed E-state index contributed by atoms with van der Waals surface area (Å²) in [6.07, 6.45) is 1.61. The highest BCUT2D eigenvalue weighted by Gasteiger charge is 2.14. The summed E-state index contributed by atoms with van der Waals surface area (Å²) in [5, 5.41) is 3.72. The Kier molecular flexibility index (Phi) is 7.35. The molecule has 0 radical (unpaired) electrons. The van der Waals surface area contributed by atoms with Crippen molar-refractivity contribution in [3.8, 4) is 5.75 Å². The van der Waals surface area contributed by atoms with E-state index in [2.05, 4.69) is 37.2 Å². The predicted octanol–water partition coefficient (Wildman–Crippen LogP) is 5.89. The second-order valence-electron chi connectivity index (χ2n) is 4.90. The quantitative estimate of drug-likeness (QED) is 0.406. The molecule has 0 aliphatic rings. The molecule has 0 aliphatic carbocycles. The second kappa shape index (κ2) is 9.27. The van der Waals surface area contributed by atoms with Gasteiger partial charge in [-0.15, -0.1) is 0 Å². The van der Waals surface area contributed by atoms with Gasteiger partial charge in [-0.1, -0.05) is 23.7 Å². The third-order valence-corrected chi connectivity index (χ3v) is 4.67. The average Bonchev–Trinajstić information content (AvgIpc) is 2.56. The van der Waals surface area contributed by atoms with Gasteiger partial charge in [0.25, 0.3) is 0 Å². The summed E-state index contributed by atoms with van der Waals surface area (Å²) < 4.78 is 12.0. The third kappa shape index (κ3) is 5.23. The summed E-state index contributed by atoms with van der Waals surface area (Å²) in [6.45, 7) is 2.06. The van der Waals surface area contributed by atoms with Crippen LogP contribution in [0.3, 0.4) is 0 Å². The van der Waals surface area contributed by atoms with E-state index in [1.165, 1.54) is 0 Å². The zero-order valence-corrected chi connectivity index (χ0v) is 17.5. The minimum Gasteiger partial charge on any atom is -0.494 e. The van der Waals surface area contributed by atoms with Gasteiger partial charge >= 0.3 is 5.97 Å². The fourth-order valence-electron chi connectivity index (χ4n) is 2.09. The predicted molar refractivity (Wildman–Crippen MR) is 108 cm³/mol. The lowest BCUT2D eigenvalue weighted by atomic mass is 10.1. The van der Waals surface area contributed by atoms with Crippen LogP contribution < -0.4 is 10.1 Å². The number of esters is 1. The Labute approximate surface area is 168 Å². The van der Waals surface area contributed by atoms with E-state index in [9.17, 15) is 4.79 Å². The van der Waals surface area contributed by atoms with Crippen molar-refractivity contribution in [2.75, 3.05) is 19.0 Å². The fourth-order valence-corrected chi connectivity index (χ4v) is 3.73. The number of ether oxygens (including phenoxy) is 2. The molecule has 0 saturated carbocycles. The number of carbonyl (C=O) groups is 1. The maximum Gasteiger partial charge on any atom is 0.340 e. The van der Waals surface area contributed by atoms with Gasteiger partial charge in [0.15, 0.2) is 0 Å². The Hall–Kier alpha value is -1.50.